The van der Waals surface area contributed by atoms with E-state index in [1.807, 2.05) is 31.2 Å². The van der Waals surface area contributed by atoms with Gasteiger partial charge in [0.15, 0.2) is 6.29 Å². The Kier molecular flexibility index (Phi) is 2.10. The van der Waals surface area contributed by atoms with Crippen LogP contribution in [0, 0.1) is 6.92 Å². The molecule has 1 heterocycles. The molecule has 0 bridgehead atoms. The van der Waals surface area contributed by atoms with Crippen molar-refractivity contribution in [1.29, 1.82) is 0 Å². The number of hydrogen-bond donors (Lipinski definition) is 0. The van der Waals surface area contributed by atoms with E-state index >= 15 is 0 Å². The molecule has 4 heteroatoms. The number of benzene rings is 1. The van der Waals surface area contributed by atoms with E-state index < -0.39 is 0 Å². The van der Waals surface area contributed by atoms with Crippen molar-refractivity contribution in [2.75, 3.05) is 0 Å². The Morgan fingerprint density at radius 1 is 1.29 bits per heavy atom. The van der Waals surface area contributed by atoms with Crippen LogP contribution in [0.25, 0.3) is 5.69 Å². The van der Waals surface area contributed by atoms with Gasteiger partial charge in [-0.1, -0.05) is 17.7 Å². The molecule has 0 saturated heterocycles. The Balaban J connectivity index is 2.39. The molecule has 0 spiro atoms. The molecule has 1 aromatic heterocycles. The van der Waals surface area contributed by atoms with Crippen molar-refractivity contribution in [2.24, 2.45) is 0 Å². The second kappa shape index (κ2) is 3.41. The van der Waals surface area contributed by atoms with Crippen LogP contribution in [0.2, 0.25) is 0 Å². The van der Waals surface area contributed by atoms with E-state index in [1.165, 1.54) is 16.6 Å². The highest BCUT2D eigenvalue weighted by Gasteiger charge is 2.00. The summed E-state index contributed by atoms with van der Waals surface area (Å²) >= 11 is 0. The fourth-order valence-electron chi connectivity index (χ4n) is 1.13. The minimum absolute atomic E-state index is 0.338. The Morgan fingerprint density at radius 3 is 2.57 bits per heavy atom. The highest BCUT2D eigenvalue weighted by molar-refractivity contribution is 5.70. The van der Waals surface area contributed by atoms with Crippen molar-refractivity contribution in [2.45, 2.75) is 6.92 Å². The lowest BCUT2D eigenvalue weighted by atomic mass is 10.2. The van der Waals surface area contributed by atoms with Gasteiger partial charge in [-0.15, -0.1) is 5.10 Å². The van der Waals surface area contributed by atoms with E-state index in [-0.39, 0.29) is 0 Å². The Labute approximate surface area is 81.2 Å². The number of nitrogens with zero attached hydrogens (tertiary/aromatic N) is 3. The first-order chi connectivity index (χ1) is 6.79. The zero-order chi connectivity index (χ0) is 9.97. The second-order valence-electron chi connectivity index (χ2n) is 3.01. The summed E-state index contributed by atoms with van der Waals surface area (Å²) in [6, 6.07) is 7.76. The normalized spacial score (nSPS) is 10.1. The third-order valence-corrected chi connectivity index (χ3v) is 1.90. The Hall–Kier alpha value is -1.97. The summed E-state index contributed by atoms with van der Waals surface area (Å²) < 4.78 is 0. The topological polar surface area (TPSA) is 47.8 Å². The fraction of sp³-hybridized carbons (Fsp3) is 0.100. The molecule has 4 nitrogen and oxygen atoms in total. The smallest absolute Gasteiger partial charge is 0.171 e. The zero-order valence-electron chi connectivity index (χ0n) is 7.71. The van der Waals surface area contributed by atoms with Crippen LogP contribution in [0.3, 0.4) is 0 Å². The number of aryl methyl sites for hydroxylation is 1. The molecule has 0 N–H and O–H groups in total. The Morgan fingerprint density at radius 2 is 2.00 bits per heavy atom. The minimum Gasteiger partial charge on any atom is -0.296 e. The lowest BCUT2D eigenvalue weighted by Gasteiger charge is -1.98. The fourth-order valence-corrected chi connectivity index (χ4v) is 1.13. The van der Waals surface area contributed by atoms with Gasteiger partial charge >= 0.3 is 0 Å². The van der Waals surface area contributed by atoms with Gasteiger partial charge in [0, 0.05) is 0 Å². The number of aromatic nitrogens is 3. The molecule has 0 aliphatic rings. The second-order valence-corrected chi connectivity index (χ2v) is 3.01. The van der Waals surface area contributed by atoms with Gasteiger partial charge in [-0.3, -0.25) is 4.79 Å². The van der Waals surface area contributed by atoms with Crippen molar-refractivity contribution in [3.8, 4) is 5.69 Å². The summed E-state index contributed by atoms with van der Waals surface area (Å²) in [4.78, 5) is 11.8. The number of carbonyl (C=O) groups excluding carboxylic acids is 1. The molecule has 14 heavy (non-hydrogen) atoms. The molecule has 1 aromatic carbocycles. The highest BCUT2D eigenvalue weighted by atomic mass is 16.1. The van der Waals surface area contributed by atoms with Crippen LogP contribution in [-0.2, 0) is 0 Å². The van der Waals surface area contributed by atoms with Gasteiger partial charge in [0.1, 0.15) is 5.69 Å². The van der Waals surface area contributed by atoms with Crippen LogP contribution in [0.1, 0.15) is 16.1 Å². The number of aldehydes is 1. The van der Waals surface area contributed by atoms with E-state index in [4.69, 9.17) is 0 Å². The quantitative estimate of drug-likeness (QED) is 0.667. The standard InChI is InChI=1S/C10H9N3O/c1-8-2-4-10(5-3-8)13-11-6-9(7-14)12-13/h2-7H,1H3. The molecule has 2 aromatic rings. The molecule has 0 aliphatic heterocycles. The van der Waals surface area contributed by atoms with Gasteiger partial charge in [-0.05, 0) is 19.1 Å². The molecule has 2 rings (SSSR count). The maximum atomic E-state index is 10.4. The maximum absolute atomic E-state index is 10.4. The predicted molar refractivity (Wildman–Crippen MR) is 51.5 cm³/mol. The summed E-state index contributed by atoms with van der Waals surface area (Å²) in [6.45, 7) is 2.01. The first kappa shape index (κ1) is 8.62. The van der Waals surface area contributed by atoms with E-state index in [9.17, 15) is 4.79 Å². The lowest BCUT2D eigenvalue weighted by Crippen LogP contribution is -1.98. The average molecular weight is 187 g/mol. The van der Waals surface area contributed by atoms with Gasteiger partial charge in [-0.25, -0.2) is 0 Å². The van der Waals surface area contributed by atoms with E-state index in [0.29, 0.717) is 12.0 Å². The number of hydrogen-bond acceptors (Lipinski definition) is 3. The van der Waals surface area contributed by atoms with Gasteiger partial charge in [-0.2, -0.15) is 9.90 Å². The summed E-state index contributed by atoms with van der Waals surface area (Å²) in [5, 5.41) is 7.93. The first-order valence-corrected chi connectivity index (χ1v) is 4.24. The molecule has 70 valence electrons. The van der Waals surface area contributed by atoms with E-state index in [1.54, 1.807) is 0 Å². The molecular weight excluding hydrogens is 178 g/mol. The van der Waals surface area contributed by atoms with Gasteiger partial charge in [0.2, 0.25) is 0 Å². The summed E-state index contributed by atoms with van der Waals surface area (Å²) in [7, 11) is 0. The van der Waals surface area contributed by atoms with Gasteiger partial charge in [0.05, 0.1) is 11.9 Å². The zero-order valence-corrected chi connectivity index (χ0v) is 7.71. The Bertz CT molecular complexity index is 445. The SMILES string of the molecule is Cc1ccc(-n2ncc(C=O)n2)cc1. The minimum atomic E-state index is 0.338. The van der Waals surface area contributed by atoms with Crippen LogP contribution in [0.4, 0.5) is 0 Å². The van der Waals surface area contributed by atoms with Gasteiger partial charge < -0.3 is 0 Å². The summed E-state index contributed by atoms with van der Waals surface area (Å²) in [5.74, 6) is 0. The predicted octanol–water partition coefficient (Wildman–Crippen LogP) is 1.39. The number of rotatable bonds is 2. The number of carbonyl (C=O) groups is 1. The van der Waals surface area contributed by atoms with E-state index in [2.05, 4.69) is 10.2 Å². The monoisotopic (exact) mass is 187 g/mol. The molecular formula is C10H9N3O. The first-order valence-electron chi connectivity index (χ1n) is 4.24. The van der Waals surface area contributed by atoms with Crippen LogP contribution in [0.15, 0.2) is 30.5 Å². The molecule has 0 radical (unpaired) electrons. The van der Waals surface area contributed by atoms with Crippen molar-refractivity contribution in [3.05, 3.63) is 41.7 Å². The van der Waals surface area contributed by atoms with Crippen molar-refractivity contribution < 1.29 is 4.79 Å². The van der Waals surface area contributed by atoms with Gasteiger partial charge in [0.25, 0.3) is 0 Å². The van der Waals surface area contributed by atoms with Crippen molar-refractivity contribution >= 4 is 6.29 Å². The van der Waals surface area contributed by atoms with Crippen molar-refractivity contribution in [1.82, 2.24) is 15.0 Å². The molecule has 0 unspecified atom stereocenters. The molecule has 0 amide bonds. The highest BCUT2D eigenvalue weighted by Crippen LogP contribution is 2.06. The van der Waals surface area contributed by atoms with Crippen LogP contribution in [0.5, 0.6) is 0 Å². The lowest BCUT2D eigenvalue weighted by molar-refractivity contribution is 0.111. The van der Waals surface area contributed by atoms with Crippen LogP contribution in [-0.4, -0.2) is 21.3 Å². The summed E-state index contributed by atoms with van der Waals surface area (Å²) in [5.41, 5.74) is 2.37. The average Bonchev–Trinajstić information content (AvgIpc) is 2.67. The third kappa shape index (κ3) is 1.54. The third-order valence-electron chi connectivity index (χ3n) is 1.90. The molecule has 0 fully saturated rings. The summed E-state index contributed by atoms with van der Waals surface area (Å²) in [6.07, 6.45) is 2.12. The van der Waals surface area contributed by atoms with Crippen LogP contribution >= 0.6 is 0 Å². The largest absolute Gasteiger partial charge is 0.296 e. The van der Waals surface area contributed by atoms with Crippen LogP contribution < -0.4 is 0 Å². The molecule has 0 aliphatic carbocycles. The van der Waals surface area contributed by atoms with E-state index in [0.717, 1.165) is 5.69 Å². The molecule has 0 atom stereocenters. The maximum Gasteiger partial charge on any atom is 0.171 e. The molecule has 0 saturated carbocycles. The van der Waals surface area contributed by atoms with Crippen molar-refractivity contribution in [3.63, 3.8) is 0 Å².